The number of carbonyl (C=O) groups is 1. The molecule has 138 valence electrons. The zero-order chi connectivity index (χ0) is 17.6. The van der Waals surface area contributed by atoms with Crippen molar-refractivity contribution >= 4 is 29.1 Å². The minimum absolute atomic E-state index is 0. The first-order valence-electron chi connectivity index (χ1n) is 8.22. The first-order valence-corrected chi connectivity index (χ1v) is 8.22. The summed E-state index contributed by atoms with van der Waals surface area (Å²) in [4.78, 5) is 12.3. The van der Waals surface area contributed by atoms with Gasteiger partial charge in [0.1, 0.15) is 18.4 Å². The van der Waals surface area contributed by atoms with E-state index in [0.29, 0.717) is 13.2 Å². The van der Waals surface area contributed by atoms with Crippen molar-refractivity contribution in [2.45, 2.75) is 6.04 Å². The summed E-state index contributed by atoms with van der Waals surface area (Å²) >= 11 is 0. The molecule has 2 N–H and O–H groups in total. The first-order chi connectivity index (χ1) is 12.2. The molecule has 0 aliphatic carbocycles. The first kappa shape index (κ1) is 19.8. The number of nitrogens with one attached hydrogen (secondary N) is 2. The third-order valence-electron chi connectivity index (χ3n) is 4.00. The van der Waals surface area contributed by atoms with E-state index < -0.39 is 6.04 Å². The second-order valence-electron chi connectivity index (χ2n) is 5.82. The van der Waals surface area contributed by atoms with Crippen LogP contribution >= 0.6 is 12.4 Å². The lowest BCUT2D eigenvalue weighted by Crippen LogP contribution is -2.37. The zero-order valence-corrected chi connectivity index (χ0v) is 15.6. The van der Waals surface area contributed by atoms with Crippen molar-refractivity contribution in [2.75, 3.05) is 20.2 Å². The molecular formula is C19H23ClN4O2. The van der Waals surface area contributed by atoms with Crippen LogP contribution in [0.15, 0.2) is 54.9 Å². The normalized spacial score (nSPS) is 11.6. The Balaban J connectivity index is 0.00000243. The Morgan fingerprint density at radius 2 is 2.00 bits per heavy atom. The van der Waals surface area contributed by atoms with Crippen LogP contribution in [0.25, 0.3) is 10.8 Å². The summed E-state index contributed by atoms with van der Waals surface area (Å²) in [7, 11) is 3.58. The van der Waals surface area contributed by atoms with E-state index in [-0.39, 0.29) is 18.3 Å². The maximum atomic E-state index is 12.3. The second-order valence-corrected chi connectivity index (χ2v) is 5.82. The third-order valence-corrected chi connectivity index (χ3v) is 4.00. The molecule has 1 amide bonds. The van der Waals surface area contributed by atoms with E-state index in [1.165, 1.54) is 5.39 Å². The average molecular weight is 375 g/mol. The molecule has 0 radical (unpaired) electrons. The number of amides is 1. The van der Waals surface area contributed by atoms with E-state index in [9.17, 15) is 4.79 Å². The van der Waals surface area contributed by atoms with Gasteiger partial charge in [-0.1, -0.05) is 30.3 Å². The van der Waals surface area contributed by atoms with Crippen LogP contribution < -0.4 is 15.4 Å². The fourth-order valence-electron chi connectivity index (χ4n) is 2.74. The summed E-state index contributed by atoms with van der Waals surface area (Å²) < 4.78 is 7.41. The van der Waals surface area contributed by atoms with Crippen LogP contribution in [0.2, 0.25) is 0 Å². The van der Waals surface area contributed by atoms with Crippen molar-refractivity contribution in [3.63, 3.8) is 0 Å². The average Bonchev–Trinajstić information content (AvgIpc) is 3.05. The van der Waals surface area contributed by atoms with Gasteiger partial charge in [0, 0.05) is 18.8 Å². The molecule has 1 atom stereocenters. The lowest BCUT2D eigenvalue weighted by atomic mass is 10.1. The second kappa shape index (κ2) is 9.22. The third kappa shape index (κ3) is 4.74. The number of fused-ring (bicyclic) bond motifs is 1. The maximum Gasteiger partial charge on any atom is 0.241 e. The number of aryl methyl sites for hydroxylation is 1. The fraction of sp³-hybridized carbons (Fsp3) is 0.263. The van der Waals surface area contributed by atoms with Gasteiger partial charge in [0.05, 0.1) is 12.7 Å². The number of nitrogens with zero attached hydrogens (tertiary/aromatic N) is 2. The van der Waals surface area contributed by atoms with Gasteiger partial charge in [-0.2, -0.15) is 5.10 Å². The lowest BCUT2D eigenvalue weighted by molar-refractivity contribution is -0.123. The predicted octanol–water partition coefficient (Wildman–Crippen LogP) is 2.45. The number of likely N-dealkylation sites (N-methyl/N-ethyl adjacent to an activating group) is 1. The molecule has 0 aliphatic rings. The SMILES string of the molecule is CNC(C(=O)NCCOc1ccc2ccccc2c1)c1cnn(C)c1.Cl. The molecule has 0 saturated heterocycles. The summed E-state index contributed by atoms with van der Waals surface area (Å²) in [5.41, 5.74) is 0.831. The summed E-state index contributed by atoms with van der Waals surface area (Å²) in [5, 5.41) is 12.3. The molecule has 1 unspecified atom stereocenters. The molecule has 2 aromatic carbocycles. The van der Waals surface area contributed by atoms with Crippen LogP contribution in [0.5, 0.6) is 5.75 Å². The molecule has 0 bridgehead atoms. The Hall–Kier alpha value is -2.57. The molecule has 0 saturated carbocycles. The van der Waals surface area contributed by atoms with Gasteiger partial charge in [-0.3, -0.25) is 9.48 Å². The molecule has 6 nitrogen and oxygen atoms in total. The van der Waals surface area contributed by atoms with Gasteiger partial charge >= 0.3 is 0 Å². The standard InChI is InChI=1S/C19H22N4O2.ClH/c1-20-18(16-12-22-23(2)13-16)19(24)21-9-10-25-17-8-7-14-5-3-4-6-15(14)11-17;/h3-8,11-13,18,20H,9-10H2,1-2H3,(H,21,24);1H. The minimum atomic E-state index is -0.422. The van der Waals surface area contributed by atoms with E-state index in [1.807, 2.05) is 43.6 Å². The van der Waals surface area contributed by atoms with Crippen LogP contribution in [-0.4, -0.2) is 35.9 Å². The Kier molecular flexibility index (Phi) is 7.00. The molecule has 3 aromatic rings. The van der Waals surface area contributed by atoms with Crippen LogP contribution in [0.1, 0.15) is 11.6 Å². The highest BCUT2D eigenvalue weighted by Gasteiger charge is 2.19. The van der Waals surface area contributed by atoms with Crippen LogP contribution in [0, 0.1) is 0 Å². The summed E-state index contributed by atoms with van der Waals surface area (Å²) in [5.74, 6) is 0.697. The summed E-state index contributed by atoms with van der Waals surface area (Å²) in [6, 6.07) is 13.7. The van der Waals surface area contributed by atoms with E-state index >= 15 is 0 Å². The van der Waals surface area contributed by atoms with Gasteiger partial charge in [0.25, 0.3) is 0 Å². The Bertz CT molecular complexity index is 865. The molecule has 1 heterocycles. The predicted molar refractivity (Wildman–Crippen MR) is 105 cm³/mol. The van der Waals surface area contributed by atoms with Gasteiger partial charge in [-0.05, 0) is 30.0 Å². The largest absolute Gasteiger partial charge is 0.492 e. The van der Waals surface area contributed by atoms with Crippen LogP contribution in [0.4, 0.5) is 0 Å². The van der Waals surface area contributed by atoms with Gasteiger partial charge in [0.15, 0.2) is 0 Å². The zero-order valence-electron chi connectivity index (χ0n) is 14.8. The van der Waals surface area contributed by atoms with Gasteiger partial charge in [-0.25, -0.2) is 0 Å². The highest BCUT2D eigenvalue weighted by Crippen LogP contribution is 2.20. The van der Waals surface area contributed by atoms with Crippen molar-refractivity contribution in [3.8, 4) is 5.75 Å². The Labute approximate surface area is 158 Å². The number of benzene rings is 2. The quantitative estimate of drug-likeness (QED) is 0.623. The number of rotatable bonds is 7. The topological polar surface area (TPSA) is 68.2 Å². The van der Waals surface area contributed by atoms with E-state index in [1.54, 1.807) is 17.9 Å². The van der Waals surface area contributed by atoms with E-state index in [2.05, 4.69) is 27.9 Å². The summed E-state index contributed by atoms with van der Waals surface area (Å²) in [6.45, 7) is 0.845. The molecule has 7 heteroatoms. The minimum Gasteiger partial charge on any atom is -0.492 e. The Morgan fingerprint density at radius 3 is 2.69 bits per heavy atom. The number of ether oxygens (including phenoxy) is 1. The molecule has 3 rings (SSSR count). The highest BCUT2D eigenvalue weighted by molar-refractivity contribution is 5.85. The molecule has 0 spiro atoms. The maximum absolute atomic E-state index is 12.3. The molecule has 0 aliphatic heterocycles. The number of halogens is 1. The van der Waals surface area contributed by atoms with Crippen molar-refractivity contribution in [2.24, 2.45) is 7.05 Å². The number of carbonyl (C=O) groups excluding carboxylic acids is 1. The lowest BCUT2D eigenvalue weighted by Gasteiger charge is -2.15. The fourth-order valence-corrected chi connectivity index (χ4v) is 2.74. The Morgan fingerprint density at radius 1 is 1.23 bits per heavy atom. The monoisotopic (exact) mass is 374 g/mol. The van der Waals surface area contributed by atoms with Crippen molar-refractivity contribution in [3.05, 3.63) is 60.4 Å². The summed E-state index contributed by atoms with van der Waals surface area (Å²) in [6.07, 6.45) is 3.51. The molecule has 26 heavy (non-hydrogen) atoms. The number of hydrogen-bond acceptors (Lipinski definition) is 4. The van der Waals surface area contributed by atoms with Gasteiger partial charge in [0.2, 0.25) is 5.91 Å². The van der Waals surface area contributed by atoms with E-state index in [4.69, 9.17) is 4.74 Å². The number of aromatic nitrogens is 2. The van der Waals surface area contributed by atoms with Crippen molar-refractivity contribution in [1.82, 2.24) is 20.4 Å². The smallest absolute Gasteiger partial charge is 0.241 e. The van der Waals surface area contributed by atoms with Crippen LogP contribution in [0.3, 0.4) is 0 Å². The molecular weight excluding hydrogens is 352 g/mol. The van der Waals surface area contributed by atoms with Crippen LogP contribution in [-0.2, 0) is 11.8 Å². The van der Waals surface area contributed by atoms with Gasteiger partial charge in [-0.15, -0.1) is 12.4 Å². The molecule has 0 fully saturated rings. The van der Waals surface area contributed by atoms with Crippen molar-refractivity contribution < 1.29 is 9.53 Å². The number of hydrogen-bond donors (Lipinski definition) is 2. The highest BCUT2D eigenvalue weighted by atomic mass is 35.5. The van der Waals surface area contributed by atoms with Gasteiger partial charge < -0.3 is 15.4 Å². The van der Waals surface area contributed by atoms with Crippen molar-refractivity contribution in [1.29, 1.82) is 0 Å². The van der Waals surface area contributed by atoms with E-state index in [0.717, 1.165) is 16.7 Å². The molecule has 1 aromatic heterocycles.